The number of amides is 1. The molecule has 0 radical (unpaired) electrons. The molecule has 1 N–H and O–H groups in total. The Morgan fingerprint density at radius 1 is 1.29 bits per heavy atom. The van der Waals surface area contributed by atoms with Gasteiger partial charge in [-0.2, -0.15) is 0 Å². The van der Waals surface area contributed by atoms with E-state index in [9.17, 15) is 4.79 Å². The average molecular weight is 245 g/mol. The molecule has 4 heteroatoms. The number of rotatable bonds is 9. The van der Waals surface area contributed by atoms with E-state index in [1.807, 2.05) is 25.7 Å². The molecule has 0 spiro atoms. The Bertz CT molecular complexity index is 207. The summed E-state index contributed by atoms with van der Waals surface area (Å²) in [5.74, 6) is 0.287. The van der Waals surface area contributed by atoms with Crippen molar-refractivity contribution in [1.82, 2.24) is 4.90 Å². The van der Waals surface area contributed by atoms with Gasteiger partial charge in [0.25, 0.3) is 0 Å². The Balaban J connectivity index is 4.17. The molecule has 17 heavy (non-hydrogen) atoms. The minimum atomic E-state index is 0.0296. The van der Waals surface area contributed by atoms with E-state index in [2.05, 4.69) is 6.92 Å². The molecule has 0 bridgehead atoms. The van der Waals surface area contributed by atoms with Crippen LogP contribution in [0.15, 0.2) is 0 Å². The van der Waals surface area contributed by atoms with Crippen molar-refractivity contribution in [2.24, 2.45) is 5.92 Å². The fraction of sp³-hybridized carbons (Fsp3) is 0.923. The lowest BCUT2D eigenvalue weighted by atomic mass is 10.0. The van der Waals surface area contributed by atoms with Gasteiger partial charge in [0.2, 0.25) is 5.91 Å². The quantitative estimate of drug-likeness (QED) is 0.629. The molecule has 0 fully saturated rings. The van der Waals surface area contributed by atoms with Crippen LogP contribution in [0.5, 0.6) is 0 Å². The van der Waals surface area contributed by atoms with Gasteiger partial charge in [-0.15, -0.1) is 0 Å². The Hall–Kier alpha value is -0.610. The summed E-state index contributed by atoms with van der Waals surface area (Å²) in [5, 5.41) is 8.60. The third kappa shape index (κ3) is 6.64. The first-order valence-corrected chi connectivity index (χ1v) is 6.53. The SMILES string of the molecule is CCCC(C)C(=O)N(CCOCCO)C(C)C. The molecule has 0 heterocycles. The summed E-state index contributed by atoms with van der Waals surface area (Å²) in [5.41, 5.74) is 0. The van der Waals surface area contributed by atoms with Crippen molar-refractivity contribution in [3.8, 4) is 0 Å². The van der Waals surface area contributed by atoms with Gasteiger partial charge in [-0.1, -0.05) is 20.3 Å². The standard InChI is InChI=1S/C13H27NO3/c1-5-6-12(4)13(16)14(11(2)3)7-9-17-10-8-15/h11-12,15H,5-10H2,1-4H3. The second-order valence-electron chi connectivity index (χ2n) is 4.65. The van der Waals surface area contributed by atoms with Crippen LogP contribution in [-0.2, 0) is 9.53 Å². The van der Waals surface area contributed by atoms with E-state index in [0.717, 1.165) is 12.8 Å². The van der Waals surface area contributed by atoms with Gasteiger partial charge in [0, 0.05) is 18.5 Å². The average Bonchev–Trinajstić information content (AvgIpc) is 2.28. The summed E-state index contributed by atoms with van der Waals surface area (Å²) in [6.07, 6.45) is 1.96. The van der Waals surface area contributed by atoms with Crippen LogP contribution < -0.4 is 0 Å². The summed E-state index contributed by atoms with van der Waals surface area (Å²) >= 11 is 0. The van der Waals surface area contributed by atoms with Gasteiger partial charge in [-0.25, -0.2) is 0 Å². The van der Waals surface area contributed by atoms with Gasteiger partial charge in [0.15, 0.2) is 0 Å². The van der Waals surface area contributed by atoms with Crippen LogP contribution >= 0.6 is 0 Å². The first-order chi connectivity index (χ1) is 8.04. The lowest BCUT2D eigenvalue weighted by Gasteiger charge is -2.29. The van der Waals surface area contributed by atoms with E-state index in [1.54, 1.807) is 0 Å². The van der Waals surface area contributed by atoms with Crippen LogP contribution in [0.25, 0.3) is 0 Å². The number of aliphatic hydroxyl groups is 1. The Morgan fingerprint density at radius 3 is 2.41 bits per heavy atom. The molecule has 1 unspecified atom stereocenters. The van der Waals surface area contributed by atoms with Gasteiger partial charge >= 0.3 is 0 Å². The monoisotopic (exact) mass is 245 g/mol. The molecular weight excluding hydrogens is 218 g/mol. The zero-order chi connectivity index (χ0) is 13.3. The topological polar surface area (TPSA) is 49.8 Å². The molecule has 0 aliphatic rings. The van der Waals surface area contributed by atoms with Crippen molar-refractivity contribution >= 4 is 5.91 Å². The summed E-state index contributed by atoms with van der Waals surface area (Å²) in [4.78, 5) is 14.0. The second kappa shape index (κ2) is 9.42. The van der Waals surface area contributed by atoms with E-state index in [4.69, 9.17) is 9.84 Å². The molecule has 0 aliphatic heterocycles. The molecule has 0 saturated heterocycles. The summed E-state index contributed by atoms with van der Waals surface area (Å²) in [6, 6.07) is 0.194. The number of carbonyl (C=O) groups excluding carboxylic acids is 1. The highest BCUT2D eigenvalue weighted by molar-refractivity contribution is 5.78. The smallest absolute Gasteiger partial charge is 0.225 e. The van der Waals surface area contributed by atoms with Crippen molar-refractivity contribution in [1.29, 1.82) is 0 Å². The number of carbonyl (C=O) groups is 1. The molecule has 4 nitrogen and oxygen atoms in total. The lowest BCUT2D eigenvalue weighted by molar-refractivity contribution is -0.137. The fourth-order valence-electron chi connectivity index (χ4n) is 1.79. The predicted molar refractivity (Wildman–Crippen MR) is 68.8 cm³/mol. The Morgan fingerprint density at radius 2 is 1.94 bits per heavy atom. The van der Waals surface area contributed by atoms with E-state index < -0.39 is 0 Å². The van der Waals surface area contributed by atoms with E-state index in [-0.39, 0.29) is 24.5 Å². The molecule has 0 aromatic rings. The van der Waals surface area contributed by atoms with Gasteiger partial charge < -0.3 is 14.7 Å². The molecule has 0 aliphatic carbocycles. The maximum Gasteiger partial charge on any atom is 0.225 e. The fourth-order valence-corrected chi connectivity index (χ4v) is 1.79. The number of hydrogen-bond donors (Lipinski definition) is 1. The first-order valence-electron chi connectivity index (χ1n) is 6.53. The summed E-state index contributed by atoms with van der Waals surface area (Å²) in [6.45, 7) is 9.56. The van der Waals surface area contributed by atoms with E-state index in [0.29, 0.717) is 19.8 Å². The Kier molecular flexibility index (Phi) is 9.09. The molecule has 102 valence electrons. The zero-order valence-corrected chi connectivity index (χ0v) is 11.6. The van der Waals surface area contributed by atoms with Crippen molar-refractivity contribution in [2.45, 2.75) is 46.6 Å². The normalized spacial score (nSPS) is 12.8. The molecule has 0 rings (SSSR count). The lowest BCUT2D eigenvalue weighted by Crippen LogP contribution is -2.42. The van der Waals surface area contributed by atoms with Crippen molar-refractivity contribution < 1.29 is 14.6 Å². The summed E-state index contributed by atoms with van der Waals surface area (Å²) < 4.78 is 5.21. The second-order valence-corrected chi connectivity index (χ2v) is 4.65. The van der Waals surface area contributed by atoms with Crippen LogP contribution in [0.2, 0.25) is 0 Å². The van der Waals surface area contributed by atoms with E-state index in [1.165, 1.54) is 0 Å². The third-order valence-corrected chi connectivity index (χ3v) is 2.76. The molecular formula is C13H27NO3. The van der Waals surface area contributed by atoms with Crippen LogP contribution in [0, 0.1) is 5.92 Å². The van der Waals surface area contributed by atoms with Crippen LogP contribution in [0.1, 0.15) is 40.5 Å². The zero-order valence-electron chi connectivity index (χ0n) is 11.6. The van der Waals surface area contributed by atoms with Crippen LogP contribution in [0.3, 0.4) is 0 Å². The minimum absolute atomic E-state index is 0.0296. The highest BCUT2D eigenvalue weighted by atomic mass is 16.5. The van der Waals surface area contributed by atoms with Crippen molar-refractivity contribution in [3.63, 3.8) is 0 Å². The molecule has 1 atom stereocenters. The van der Waals surface area contributed by atoms with E-state index >= 15 is 0 Å². The van der Waals surface area contributed by atoms with Gasteiger partial charge in [0.05, 0.1) is 19.8 Å². The third-order valence-electron chi connectivity index (χ3n) is 2.76. The Labute approximate surface area is 105 Å². The molecule has 0 saturated carbocycles. The van der Waals surface area contributed by atoms with Gasteiger partial charge in [0.1, 0.15) is 0 Å². The summed E-state index contributed by atoms with van der Waals surface area (Å²) in [7, 11) is 0. The van der Waals surface area contributed by atoms with Crippen LogP contribution in [-0.4, -0.2) is 48.3 Å². The van der Waals surface area contributed by atoms with Gasteiger partial charge in [-0.05, 0) is 20.3 Å². The predicted octanol–water partition coefficient (Wildman–Crippen LogP) is 1.67. The number of aliphatic hydroxyl groups excluding tert-OH is 1. The van der Waals surface area contributed by atoms with Crippen molar-refractivity contribution in [3.05, 3.63) is 0 Å². The number of nitrogens with zero attached hydrogens (tertiary/aromatic N) is 1. The number of ether oxygens (including phenoxy) is 1. The maximum atomic E-state index is 12.2. The van der Waals surface area contributed by atoms with Crippen LogP contribution in [0.4, 0.5) is 0 Å². The molecule has 0 aromatic carbocycles. The highest BCUT2D eigenvalue weighted by Gasteiger charge is 2.21. The van der Waals surface area contributed by atoms with Gasteiger partial charge in [-0.3, -0.25) is 4.79 Å². The first kappa shape index (κ1) is 16.4. The molecule has 0 aromatic heterocycles. The highest BCUT2D eigenvalue weighted by Crippen LogP contribution is 2.12. The van der Waals surface area contributed by atoms with Crippen molar-refractivity contribution in [2.75, 3.05) is 26.4 Å². The minimum Gasteiger partial charge on any atom is -0.394 e. The largest absolute Gasteiger partial charge is 0.394 e. The molecule has 1 amide bonds. The maximum absolute atomic E-state index is 12.2. The number of hydrogen-bond acceptors (Lipinski definition) is 3.